The third-order valence-corrected chi connectivity index (χ3v) is 3.91. The topological polar surface area (TPSA) is 24.9 Å². The van der Waals surface area contributed by atoms with E-state index in [1.165, 1.54) is 23.5 Å². The summed E-state index contributed by atoms with van der Waals surface area (Å²) in [5.74, 6) is 0.761. The molecule has 0 aliphatic heterocycles. The van der Waals surface area contributed by atoms with Crippen LogP contribution < -0.4 is 5.32 Å². The van der Waals surface area contributed by atoms with E-state index in [0.717, 1.165) is 12.3 Å². The Labute approximate surface area is 97.1 Å². The quantitative estimate of drug-likeness (QED) is 0.806. The van der Waals surface area contributed by atoms with Crippen molar-refractivity contribution in [1.82, 2.24) is 10.3 Å². The first kappa shape index (κ1) is 12.7. The molecule has 1 rings (SSSR count). The standard InChI is InChI=1S/C12H22N2S/c1-5-10(6-2)12(13-4)7-11-8-15-9(3)14-11/h8,10,12-13H,5-7H2,1-4H3. The van der Waals surface area contributed by atoms with E-state index >= 15 is 0 Å². The van der Waals surface area contributed by atoms with Crippen molar-refractivity contribution in [3.8, 4) is 0 Å². The zero-order valence-electron chi connectivity index (χ0n) is 10.2. The van der Waals surface area contributed by atoms with Crippen LogP contribution in [0.2, 0.25) is 0 Å². The van der Waals surface area contributed by atoms with Crippen molar-refractivity contribution in [1.29, 1.82) is 0 Å². The molecule has 1 aromatic heterocycles. The number of aryl methyl sites for hydroxylation is 1. The van der Waals surface area contributed by atoms with E-state index in [1.54, 1.807) is 11.3 Å². The highest BCUT2D eigenvalue weighted by molar-refractivity contribution is 7.09. The van der Waals surface area contributed by atoms with Gasteiger partial charge >= 0.3 is 0 Å². The summed E-state index contributed by atoms with van der Waals surface area (Å²) < 4.78 is 0. The number of nitrogens with one attached hydrogen (secondary N) is 1. The Hall–Kier alpha value is -0.410. The van der Waals surface area contributed by atoms with E-state index in [0.29, 0.717) is 6.04 Å². The van der Waals surface area contributed by atoms with Gasteiger partial charge in [0.15, 0.2) is 0 Å². The van der Waals surface area contributed by atoms with Gasteiger partial charge in [-0.15, -0.1) is 11.3 Å². The highest BCUT2D eigenvalue weighted by atomic mass is 32.1. The average Bonchev–Trinajstić information content (AvgIpc) is 2.64. The summed E-state index contributed by atoms with van der Waals surface area (Å²) in [6, 6.07) is 0.571. The fraction of sp³-hybridized carbons (Fsp3) is 0.750. The molecule has 1 N–H and O–H groups in total. The molecule has 0 radical (unpaired) electrons. The van der Waals surface area contributed by atoms with E-state index in [9.17, 15) is 0 Å². The maximum atomic E-state index is 4.53. The molecule has 1 unspecified atom stereocenters. The van der Waals surface area contributed by atoms with Crippen molar-refractivity contribution in [2.75, 3.05) is 7.05 Å². The molecule has 0 aromatic carbocycles. The first-order valence-electron chi connectivity index (χ1n) is 5.79. The zero-order chi connectivity index (χ0) is 11.3. The Balaban J connectivity index is 2.60. The van der Waals surface area contributed by atoms with Crippen LogP contribution in [0.3, 0.4) is 0 Å². The molecule has 0 saturated heterocycles. The van der Waals surface area contributed by atoms with Crippen LogP contribution in [0.25, 0.3) is 0 Å². The number of nitrogens with zero attached hydrogens (tertiary/aromatic N) is 1. The van der Waals surface area contributed by atoms with Crippen LogP contribution in [0, 0.1) is 12.8 Å². The first-order chi connectivity index (χ1) is 7.21. The van der Waals surface area contributed by atoms with Crippen molar-refractivity contribution in [3.63, 3.8) is 0 Å². The van der Waals surface area contributed by atoms with E-state index in [1.807, 2.05) is 0 Å². The minimum atomic E-state index is 0.571. The Morgan fingerprint density at radius 2 is 2.07 bits per heavy atom. The lowest BCUT2D eigenvalue weighted by molar-refractivity contribution is 0.347. The van der Waals surface area contributed by atoms with E-state index in [-0.39, 0.29) is 0 Å². The van der Waals surface area contributed by atoms with Crippen LogP contribution in [-0.2, 0) is 6.42 Å². The van der Waals surface area contributed by atoms with Gasteiger partial charge in [-0.05, 0) is 19.9 Å². The number of aromatic nitrogens is 1. The lowest BCUT2D eigenvalue weighted by Gasteiger charge is -2.24. The fourth-order valence-corrected chi connectivity index (χ4v) is 2.71. The van der Waals surface area contributed by atoms with Crippen LogP contribution in [0.15, 0.2) is 5.38 Å². The second-order valence-corrected chi connectivity index (χ2v) is 5.10. The summed E-state index contributed by atoms with van der Waals surface area (Å²) in [6.07, 6.45) is 3.55. The third kappa shape index (κ3) is 3.58. The van der Waals surface area contributed by atoms with Crippen LogP contribution in [0.1, 0.15) is 37.4 Å². The summed E-state index contributed by atoms with van der Waals surface area (Å²) in [4.78, 5) is 4.53. The minimum absolute atomic E-state index is 0.571. The molecule has 2 nitrogen and oxygen atoms in total. The Bertz CT molecular complexity index is 279. The van der Waals surface area contributed by atoms with Gasteiger partial charge in [-0.3, -0.25) is 0 Å². The lowest BCUT2D eigenvalue weighted by Crippen LogP contribution is -2.35. The summed E-state index contributed by atoms with van der Waals surface area (Å²) in [5.41, 5.74) is 1.24. The molecule has 0 bridgehead atoms. The van der Waals surface area contributed by atoms with Crippen LogP contribution >= 0.6 is 11.3 Å². The van der Waals surface area contributed by atoms with Gasteiger partial charge in [-0.1, -0.05) is 26.7 Å². The molecule has 0 amide bonds. The number of thiazole rings is 1. The Morgan fingerprint density at radius 3 is 2.47 bits per heavy atom. The number of hydrogen-bond acceptors (Lipinski definition) is 3. The van der Waals surface area contributed by atoms with Crippen LogP contribution in [-0.4, -0.2) is 18.1 Å². The third-order valence-electron chi connectivity index (χ3n) is 3.08. The molecule has 15 heavy (non-hydrogen) atoms. The molecule has 0 spiro atoms. The molecule has 3 heteroatoms. The molecular weight excluding hydrogens is 204 g/mol. The number of likely N-dealkylation sites (N-methyl/N-ethyl adjacent to an activating group) is 1. The lowest BCUT2D eigenvalue weighted by atomic mass is 9.91. The predicted octanol–water partition coefficient (Wildman–Crippen LogP) is 3.02. The zero-order valence-corrected chi connectivity index (χ0v) is 11.0. The SMILES string of the molecule is CCC(CC)C(Cc1csc(C)n1)NC. The van der Waals surface area contributed by atoms with Crippen molar-refractivity contribution in [3.05, 3.63) is 16.1 Å². The van der Waals surface area contributed by atoms with E-state index in [2.05, 4.69) is 43.5 Å². The minimum Gasteiger partial charge on any atom is -0.316 e. The largest absolute Gasteiger partial charge is 0.316 e. The molecule has 1 atom stereocenters. The van der Waals surface area contributed by atoms with Crippen LogP contribution in [0.4, 0.5) is 0 Å². The Kier molecular flexibility index (Phi) is 5.26. The number of rotatable bonds is 6. The highest BCUT2D eigenvalue weighted by Crippen LogP contribution is 2.18. The molecular formula is C12H22N2S. The molecule has 0 saturated carbocycles. The van der Waals surface area contributed by atoms with Crippen molar-refractivity contribution in [2.24, 2.45) is 5.92 Å². The molecule has 86 valence electrons. The monoisotopic (exact) mass is 226 g/mol. The Morgan fingerprint density at radius 1 is 1.40 bits per heavy atom. The van der Waals surface area contributed by atoms with E-state index in [4.69, 9.17) is 0 Å². The first-order valence-corrected chi connectivity index (χ1v) is 6.67. The predicted molar refractivity (Wildman–Crippen MR) is 67.5 cm³/mol. The van der Waals surface area contributed by atoms with Gasteiger partial charge in [0.2, 0.25) is 0 Å². The average molecular weight is 226 g/mol. The molecule has 1 aromatic rings. The van der Waals surface area contributed by atoms with Crippen molar-refractivity contribution in [2.45, 2.75) is 46.1 Å². The number of hydrogen-bond donors (Lipinski definition) is 1. The van der Waals surface area contributed by atoms with Gasteiger partial charge in [-0.2, -0.15) is 0 Å². The molecule has 0 aliphatic rings. The second-order valence-electron chi connectivity index (χ2n) is 4.03. The maximum Gasteiger partial charge on any atom is 0.0897 e. The van der Waals surface area contributed by atoms with Crippen molar-refractivity contribution >= 4 is 11.3 Å². The normalized spacial score (nSPS) is 13.4. The fourth-order valence-electron chi connectivity index (χ4n) is 2.09. The van der Waals surface area contributed by atoms with Gasteiger partial charge in [0.1, 0.15) is 0 Å². The smallest absolute Gasteiger partial charge is 0.0897 e. The maximum absolute atomic E-state index is 4.53. The van der Waals surface area contributed by atoms with Gasteiger partial charge in [0.05, 0.1) is 10.7 Å². The summed E-state index contributed by atoms with van der Waals surface area (Å²) >= 11 is 1.74. The van der Waals surface area contributed by atoms with Crippen molar-refractivity contribution < 1.29 is 0 Å². The highest BCUT2D eigenvalue weighted by Gasteiger charge is 2.17. The van der Waals surface area contributed by atoms with Gasteiger partial charge in [0.25, 0.3) is 0 Å². The van der Waals surface area contributed by atoms with Gasteiger partial charge in [0, 0.05) is 17.8 Å². The second kappa shape index (κ2) is 6.23. The van der Waals surface area contributed by atoms with E-state index < -0.39 is 0 Å². The summed E-state index contributed by atoms with van der Waals surface area (Å²) in [7, 11) is 2.06. The molecule has 0 aliphatic carbocycles. The molecule has 0 fully saturated rings. The van der Waals surface area contributed by atoms with Crippen LogP contribution in [0.5, 0.6) is 0 Å². The molecule has 1 heterocycles. The summed E-state index contributed by atoms with van der Waals surface area (Å²) in [6.45, 7) is 6.61. The summed E-state index contributed by atoms with van der Waals surface area (Å²) in [5, 5.41) is 6.78. The van der Waals surface area contributed by atoms with Gasteiger partial charge < -0.3 is 5.32 Å². The van der Waals surface area contributed by atoms with Gasteiger partial charge in [-0.25, -0.2) is 4.98 Å².